The molecule has 4 nitrogen and oxygen atoms in total. The molecule has 0 aliphatic carbocycles. The van der Waals surface area contributed by atoms with Gasteiger partial charge in [-0.05, 0) is 37.5 Å². The van der Waals surface area contributed by atoms with Crippen molar-refractivity contribution in [2.24, 2.45) is 5.73 Å². The first-order valence-electron chi connectivity index (χ1n) is 7.06. The molecule has 1 aliphatic heterocycles. The Hall–Kier alpha value is -1.64. The van der Waals surface area contributed by atoms with Gasteiger partial charge in [0.25, 0.3) is 5.91 Å². The average Bonchev–Trinajstić information content (AvgIpc) is 2.48. The Bertz CT molecular complexity index is 606. The highest BCUT2D eigenvalue weighted by Crippen LogP contribution is 2.15. The zero-order valence-electron chi connectivity index (χ0n) is 12.1. The smallest absolute Gasteiger partial charge is 0.251 e. The fraction of sp³-hybridized carbons (Fsp3) is 0.438. The van der Waals surface area contributed by atoms with Gasteiger partial charge in [0.2, 0.25) is 0 Å². The largest absolute Gasteiger partial charge is 0.349 e. The highest BCUT2D eigenvalue weighted by molar-refractivity contribution is 7.85. The number of amides is 1. The minimum Gasteiger partial charge on any atom is -0.349 e. The lowest BCUT2D eigenvalue weighted by molar-refractivity contribution is 0.0934. The molecule has 1 aromatic rings. The lowest BCUT2D eigenvalue weighted by Crippen LogP contribution is -2.39. The van der Waals surface area contributed by atoms with E-state index < -0.39 is 10.8 Å². The van der Waals surface area contributed by atoms with Crippen LogP contribution in [0.3, 0.4) is 0 Å². The van der Waals surface area contributed by atoms with Crippen LogP contribution in [0.2, 0.25) is 0 Å². The van der Waals surface area contributed by atoms with Gasteiger partial charge in [-0.25, -0.2) is 0 Å². The van der Waals surface area contributed by atoms with Crippen LogP contribution in [-0.4, -0.2) is 34.2 Å². The lowest BCUT2D eigenvalue weighted by atomic mass is 10.0. The molecular formula is C16H20N2O2S. The monoisotopic (exact) mass is 304 g/mol. The summed E-state index contributed by atoms with van der Waals surface area (Å²) in [6.45, 7) is 2.19. The molecule has 1 fully saturated rings. The van der Waals surface area contributed by atoms with Gasteiger partial charge in [-0.2, -0.15) is 0 Å². The van der Waals surface area contributed by atoms with Crippen LogP contribution in [0.15, 0.2) is 18.2 Å². The molecule has 112 valence electrons. The number of nitrogens with one attached hydrogen (secondary N) is 1. The third kappa shape index (κ3) is 4.16. The summed E-state index contributed by atoms with van der Waals surface area (Å²) in [5.41, 5.74) is 7.73. The molecule has 2 rings (SSSR count). The summed E-state index contributed by atoms with van der Waals surface area (Å²) >= 11 is 0. The van der Waals surface area contributed by atoms with Gasteiger partial charge >= 0.3 is 0 Å². The van der Waals surface area contributed by atoms with E-state index in [1.165, 1.54) is 0 Å². The third-order valence-electron chi connectivity index (χ3n) is 3.63. The molecule has 1 heterocycles. The van der Waals surface area contributed by atoms with Crippen LogP contribution < -0.4 is 11.1 Å². The van der Waals surface area contributed by atoms with E-state index >= 15 is 0 Å². The highest BCUT2D eigenvalue weighted by Gasteiger charge is 2.21. The minimum atomic E-state index is -0.713. The van der Waals surface area contributed by atoms with Crippen molar-refractivity contribution in [1.29, 1.82) is 0 Å². The first-order valence-corrected chi connectivity index (χ1v) is 8.55. The van der Waals surface area contributed by atoms with Crippen molar-refractivity contribution in [2.45, 2.75) is 25.8 Å². The van der Waals surface area contributed by atoms with Crippen molar-refractivity contribution in [3.05, 3.63) is 34.9 Å². The predicted molar refractivity (Wildman–Crippen MR) is 85.5 cm³/mol. The van der Waals surface area contributed by atoms with Crippen LogP contribution in [0, 0.1) is 18.8 Å². The third-order valence-corrected chi connectivity index (χ3v) is 5.01. The summed E-state index contributed by atoms with van der Waals surface area (Å²) < 4.78 is 11.3. The molecule has 0 radical (unpaired) electrons. The lowest BCUT2D eigenvalue weighted by Gasteiger charge is -2.23. The number of carbonyl (C=O) groups is 1. The molecule has 0 bridgehead atoms. The van der Waals surface area contributed by atoms with Crippen molar-refractivity contribution in [1.82, 2.24) is 5.32 Å². The van der Waals surface area contributed by atoms with Gasteiger partial charge in [0.1, 0.15) is 0 Å². The summed E-state index contributed by atoms with van der Waals surface area (Å²) in [6, 6.07) is 5.64. The first-order chi connectivity index (χ1) is 10.1. The van der Waals surface area contributed by atoms with E-state index in [1.54, 1.807) is 6.07 Å². The second kappa shape index (κ2) is 7.39. The molecular weight excluding hydrogens is 284 g/mol. The Labute approximate surface area is 127 Å². The molecule has 1 aliphatic rings. The predicted octanol–water partition coefficient (Wildman–Crippen LogP) is 0.946. The molecule has 5 heteroatoms. The molecule has 1 saturated heterocycles. The normalized spacial score (nSPS) is 21.2. The van der Waals surface area contributed by atoms with Gasteiger partial charge < -0.3 is 11.1 Å². The molecule has 21 heavy (non-hydrogen) atoms. The molecule has 0 spiro atoms. The van der Waals surface area contributed by atoms with Crippen LogP contribution >= 0.6 is 0 Å². The molecule has 0 unspecified atom stereocenters. The van der Waals surface area contributed by atoms with Crippen LogP contribution in [0.5, 0.6) is 0 Å². The Kier molecular flexibility index (Phi) is 5.54. The fourth-order valence-corrected chi connectivity index (χ4v) is 3.66. The highest BCUT2D eigenvalue weighted by atomic mass is 32.2. The zero-order chi connectivity index (χ0) is 15.2. The van der Waals surface area contributed by atoms with Gasteiger partial charge in [0.15, 0.2) is 0 Å². The standard InChI is InChI=1S/C16H20N2O2S/c1-12-13(5-3-9-17)4-2-6-15(12)16(19)18-14-7-10-21(20)11-8-14/h2,4,6,14H,7-11,17H2,1H3,(H,18,19). The molecule has 1 aromatic carbocycles. The number of nitrogens with two attached hydrogens (primary N) is 1. The molecule has 0 saturated carbocycles. The van der Waals surface area contributed by atoms with E-state index in [4.69, 9.17) is 5.73 Å². The van der Waals surface area contributed by atoms with Gasteiger partial charge in [-0.1, -0.05) is 17.9 Å². The van der Waals surface area contributed by atoms with Crippen molar-refractivity contribution >= 4 is 16.7 Å². The Morgan fingerprint density at radius 3 is 2.81 bits per heavy atom. The maximum Gasteiger partial charge on any atom is 0.251 e. The van der Waals surface area contributed by atoms with Crippen molar-refractivity contribution < 1.29 is 9.00 Å². The van der Waals surface area contributed by atoms with E-state index in [2.05, 4.69) is 17.2 Å². The number of rotatable bonds is 2. The van der Waals surface area contributed by atoms with Gasteiger partial charge in [0.05, 0.1) is 6.54 Å². The number of carbonyl (C=O) groups excluding carboxylic acids is 1. The zero-order valence-corrected chi connectivity index (χ0v) is 13.0. The van der Waals surface area contributed by atoms with Gasteiger partial charge in [-0.15, -0.1) is 0 Å². The van der Waals surface area contributed by atoms with E-state index in [-0.39, 0.29) is 11.9 Å². The SMILES string of the molecule is Cc1c(C#CCN)cccc1C(=O)NC1CCS(=O)CC1. The van der Waals surface area contributed by atoms with Gasteiger partial charge in [0, 0.05) is 39.5 Å². The molecule has 3 N–H and O–H groups in total. The van der Waals surface area contributed by atoms with Crippen LogP contribution in [0.4, 0.5) is 0 Å². The quantitative estimate of drug-likeness (QED) is 0.799. The summed E-state index contributed by atoms with van der Waals surface area (Å²) in [5.74, 6) is 7.06. The van der Waals surface area contributed by atoms with Crippen molar-refractivity contribution in [3.8, 4) is 11.8 Å². The van der Waals surface area contributed by atoms with Crippen LogP contribution in [-0.2, 0) is 10.8 Å². The summed E-state index contributed by atoms with van der Waals surface area (Å²) in [6.07, 6.45) is 1.56. The summed E-state index contributed by atoms with van der Waals surface area (Å²) in [7, 11) is -0.713. The topological polar surface area (TPSA) is 72.2 Å². The Morgan fingerprint density at radius 2 is 2.14 bits per heavy atom. The van der Waals surface area contributed by atoms with E-state index in [1.807, 2.05) is 19.1 Å². The van der Waals surface area contributed by atoms with E-state index in [0.29, 0.717) is 23.6 Å². The number of hydrogen-bond donors (Lipinski definition) is 2. The fourth-order valence-electron chi connectivity index (χ4n) is 2.36. The molecule has 0 atom stereocenters. The maximum absolute atomic E-state index is 12.4. The summed E-state index contributed by atoms with van der Waals surface area (Å²) in [4.78, 5) is 12.4. The van der Waals surface area contributed by atoms with Crippen LogP contribution in [0.1, 0.15) is 34.3 Å². The molecule has 1 amide bonds. The van der Waals surface area contributed by atoms with Crippen molar-refractivity contribution in [2.75, 3.05) is 18.1 Å². The van der Waals surface area contributed by atoms with Gasteiger partial charge in [-0.3, -0.25) is 9.00 Å². The number of benzene rings is 1. The minimum absolute atomic E-state index is 0.0819. The maximum atomic E-state index is 12.4. The van der Waals surface area contributed by atoms with Crippen molar-refractivity contribution in [3.63, 3.8) is 0 Å². The number of hydrogen-bond acceptors (Lipinski definition) is 3. The average molecular weight is 304 g/mol. The summed E-state index contributed by atoms with van der Waals surface area (Å²) in [5, 5.41) is 3.03. The first kappa shape index (κ1) is 15.7. The van der Waals surface area contributed by atoms with Crippen LogP contribution in [0.25, 0.3) is 0 Å². The Balaban J connectivity index is 2.10. The Morgan fingerprint density at radius 1 is 1.43 bits per heavy atom. The second-order valence-electron chi connectivity index (χ2n) is 5.08. The van der Waals surface area contributed by atoms with E-state index in [9.17, 15) is 9.00 Å². The second-order valence-corrected chi connectivity index (χ2v) is 6.78. The molecule has 0 aromatic heterocycles. The van der Waals surface area contributed by atoms with E-state index in [0.717, 1.165) is 24.0 Å².